The van der Waals surface area contributed by atoms with Crippen LogP contribution in [0.3, 0.4) is 0 Å². The van der Waals surface area contributed by atoms with Gasteiger partial charge in [0, 0.05) is 11.6 Å². The molecular weight excluding hydrogens is 252 g/mol. The Bertz CT molecular complexity index is 696. The third-order valence-corrected chi connectivity index (χ3v) is 2.83. The maximum atomic E-state index is 12.0. The van der Waals surface area contributed by atoms with E-state index in [9.17, 15) is 9.59 Å². The van der Waals surface area contributed by atoms with Crippen LogP contribution >= 0.6 is 0 Å². The summed E-state index contributed by atoms with van der Waals surface area (Å²) in [5.41, 5.74) is 0.617. The molecule has 2 aromatic carbocycles. The van der Waals surface area contributed by atoms with E-state index in [0.717, 1.165) is 10.8 Å². The van der Waals surface area contributed by atoms with Gasteiger partial charge in [0.25, 0.3) is 0 Å². The molecule has 0 amide bonds. The molecule has 0 fully saturated rings. The van der Waals surface area contributed by atoms with Gasteiger partial charge in [-0.1, -0.05) is 48.6 Å². The van der Waals surface area contributed by atoms with Crippen LogP contribution in [0.25, 0.3) is 10.8 Å². The van der Waals surface area contributed by atoms with Crippen LogP contribution in [0, 0.1) is 0 Å². The Morgan fingerprint density at radius 2 is 1.65 bits per heavy atom. The van der Waals surface area contributed by atoms with E-state index in [2.05, 4.69) is 4.74 Å². The zero-order valence-corrected chi connectivity index (χ0v) is 11.1. The summed E-state index contributed by atoms with van der Waals surface area (Å²) in [7, 11) is 1.30. The lowest BCUT2D eigenvalue weighted by Crippen LogP contribution is -1.94. The SMILES string of the molecule is COC(=O)/C=C\C=C\C(=O)c1ccc2ccccc2c1. The molecule has 2 aromatic rings. The molecule has 0 unspecified atom stereocenters. The second-order valence-corrected chi connectivity index (χ2v) is 4.17. The highest BCUT2D eigenvalue weighted by Gasteiger charge is 2.02. The second kappa shape index (κ2) is 6.48. The van der Waals surface area contributed by atoms with Gasteiger partial charge in [0.1, 0.15) is 0 Å². The lowest BCUT2D eigenvalue weighted by Gasteiger charge is -1.99. The molecule has 0 atom stereocenters. The topological polar surface area (TPSA) is 43.4 Å². The summed E-state index contributed by atoms with van der Waals surface area (Å²) in [6.07, 6.45) is 5.67. The quantitative estimate of drug-likeness (QED) is 0.369. The second-order valence-electron chi connectivity index (χ2n) is 4.17. The number of ketones is 1. The zero-order valence-electron chi connectivity index (χ0n) is 11.1. The normalized spacial score (nSPS) is 11.2. The van der Waals surface area contributed by atoms with Crippen molar-refractivity contribution in [3.8, 4) is 0 Å². The van der Waals surface area contributed by atoms with Crippen molar-refractivity contribution in [3.63, 3.8) is 0 Å². The highest BCUT2D eigenvalue weighted by molar-refractivity contribution is 6.06. The van der Waals surface area contributed by atoms with E-state index in [0.29, 0.717) is 5.56 Å². The molecule has 3 nitrogen and oxygen atoms in total. The summed E-state index contributed by atoms with van der Waals surface area (Å²) in [5.74, 6) is -0.557. The molecule has 0 bridgehead atoms. The lowest BCUT2D eigenvalue weighted by atomic mass is 10.0. The van der Waals surface area contributed by atoms with Gasteiger partial charge in [0.2, 0.25) is 0 Å². The number of rotatable bonds is 4. The smallest absolute Gasteiger partial charge is 0.330 e. The third kappa shape index (κ3) is 3.42. The monoisotopic (exact) mass is 266 g/mol. The van der Waals surface area contributed by atoms with Gasteiger partial charge in [-0.05, 0) is 22.9 Å². The minimum Gasteiger partial charge on any atom is -0.466 e. The lowest BCUT2D eigenvalue weighted by molar-refractivity contribution is -0.134. The Morgan fingerprint density at radius 3 is 2.40 bits per heavy atom. The van der Waals surface area contributed by atoms with Gasteiger partial charge >= 0.3 is 5.97 Å². The van der Waals surface area contributed by atoms with Crippen LogP contribution in [0.15, 0.2) is 66.8 Å². The predicted molar refractivity (Wildman–Crippen MR) is 78.6 cm³/mol. The molecule has 0 aromatic heterocycles. The number of esters is 1. The van der Waals surface area contributed by atoms with E-state index in [4.69, 9.17) is 0 Å². The number of fused-ring (bicyclic) bond motifs is 1. The molecule has 0 aliphatic rings. The molecule has 100 valence electrons. The van der Waals surface area contributed by atoms with Crippen LogP contribution in [-0.4, -0.2) is 18.9 Å². The summed E-state index contributed by atoms with van der Waals surface area (Å²) in [6, 6.07) is 13.4. The van der Waals surface area contributed by atoms with E-state index in [1.807, 2.05) is 36.4 Å². The Hall–Kier alpha value is -2.68. The fourth-order valence-corrected chi connectivity index (χ4v) is 1.78. The first-order valence-electron chi connectivity index (χ1n) is 6.16. The molecule has 0 spiro atoms. The molecule has 0 saturated carbocycles. The summed E-state index contributed by atoms with van der Waals surface area (Å²) in [6.45, 7) is 0. The summed E-state index contributed by atoms with van der Waals surface area (Å²) < 4.78 is 4.45. The van der Waals surface area contributed by atoms with E-state index >= 15 is 0 Å². The van der Waals surface area contributed by atoms with Gasteiger partial charge in [-0.15, -0.1) is 0 Å². The first kappa shape index (κ1) is 13.7. The standard InChI is InChI=1S/C17H14O3/c1-20-17(19)9-5-4-8-16(18)15-11-10-13-6-2-3-7-14(13)12-15/h2-12H,1H3/b8-4+,9-5-. The Morgan fingerprint density at radius 1 is 0.950 bits per heavy atom. The minimum absolute atomic E-state index is 0.106. The number of carbonyl (C=O) groups excluding carboxylic acids is 2. The fraction of sp³-hybridized carbons (Fsp3) is 0.0588. The first-order chi connectivity index (χ1) is 9.70. The molecule has 0 saturated heterocycles. The maximum absolute atomic E-state index is 12.0. The number of hydrogen-bond donors (Lipinski definition) is 0. The van der Waals surface area contributed by atoms with Gasteiger partial charge in [0.15, 0.2) is 5.78 Å². The molecule has 0 heterocycles. The molecule has 3 heteroatoms. The highest BCUT2D eigenvalue weighted by atomic mass is 16.5. The summed E-state index contributed by atoms with van der Waals surface area (Å²) in [4.78, 5) is 22.8. The average Bonchev–Trinajstić information content (AvgIpc) is 2.50. The fourth-order valence-electron chi connectivity index (χ4n) is 1.78. The van der Waals surface area contributed by atoms with E-state index < -0.39 is 5.97 Å². The van der Waals surface area contributed by atoms with Gasteiger partial charge in [-0.2, -0.15) is 0 Å². The summed E-state index contributed by atoms with van der Waals surface area (Å²) in [5, 5.41) is 2.12. The zero-order chi connectivity index (χ0) is 14.4. The van der Waals surface area contributed by atoms with Crippen molar-refractivity contribution >= 4 is 22.5 Å². The number of allylic oxidation sites excluding steroid dienone is 3. The van der Waals surface area contributed by atoms with Crippen molar-refractivity contribution in [1.29, 1.82) is 0 Å². The molecule has 0 aliphatic heterocycles. The van der Waals surface area contributed by atoms with Crippen molar-refractivity contribution in [2.75, 3.05) is 7.11 Å². The number of methoxy groups -OCH3 is 1. The molecule has 20 heavy (non-hydrogen) atoms. The van der Waals surface area contributed by atoms with E-state index in [1.165, 1.54) is 31.4 Å². The first-order valence-corrected chi connectivity index (χ1v) is 6.16. The van der Waals surface area contributed by atoms with Gasteiger partial charge < -0.3 is 4.74 Å². The van der Waals surface area contributed by atoms with Gasteiger partial charge in [-0.3, -0.25) is 4.79 Å². The minimum atomic E-state index is -0.451. The third-order valence-electron chi connectivity index (χ3n) is 2.83. The Kier molecular flexibility index (Phi) is 4.45. The number of benzene rings is 2. The van der Waals surface area contributed by atoms with Crippen LogP contribution in [0.5, 0.6) is 0 Å². The molecule has 2 rings (SSSR count). The Labute approximate surface area is 117 Å². The average molecular weight is 266 g/mol. The van der Waals surface area contributed by atoms with Gasteiger partial charge in [0.05, 0.1) is 7.11 Å². The van der Waals surface area contributed by atoms with E-state index in [-0.39, 0.29) is 5.78 Å². The molecule has 0 N–H and O–H groups in total. The molecular formula is C17H14O3. The Balaban J connectivity index is 2.13. The van der Waals surface area contributed by atoms with Crippen molar-refractivity contribution in [2.45, 2.75) is 0 Å². The predicted octanol–water partition coefficient (Wildman–Crippen LogP) is 3.31. The number of hydrogen-bond acceptors (Lipinski definition) is 3. The number of carbonyl (C=O) groups is 2. The van der Waals surface area contributed by atoms with Crippen LogP contribution in [0.1, 0.15) is 10.4 Å². The largest absolute Gasteiger partial charge is 0.466 e. The van der Waals surface area contributed by atoms with Crippen molar-refractivity contribution in [2.24, 2.45) is 0 Å². The summed E-state index contributed by atoms with van der Waals surface area (Å²) >= 11 is 0. The highest BCUT2D eigenvalue weighted by Crippen LogP contribution is 2.16. The van der Waals surface area contributed by atoms with Crippen molar-refractivity contribution in [1.82, 2.24) is 0 Å². The van der Waals surface area contributed by atoms with E-state index in [1.54, 1.807) is 6.07 Å². The van der Waals surface area contributed by atoms with Crippen LogP contribution in [0.2, 0.25) is 0 Å². The number of ether oxygens (including phenoxy) is 1. The van der Waals surface area contributed by atoms with Crippen molar-refractivity contribution in [3.05, 3.63) is 72.3 Å². The van der Waals surface area contributed by atoms with Crippen molar-refractivity contribution < 1.29 is 14.3 Å². The van der Waals surface area contributed by atoms with Crippen LogP contribution < -0.4 is 0 Å². The van der Waals surface area contributed by atoms with Gasteiger partial charge in [-0.25, -0.2) is 4.79 Å². The molecule has 0 aliphatic carbocycles. The maximum Gasteiger partial charge on any atom is 0.330 e. The molecule has 0 radical (unpaired) electrons. The van der Waals surface area contributed by atoms with Crippen LogP contribution in [-0.2, 0) is 9.53 Å². The van der Waals surface area contributed by atoms with Crippen LogP contribution in [0.4, 0.5) is 0 Å².